The smallest absolute Gasteiger partial charge is 0.305 e. The van der Waals surface area contributed by atoms with Crippen LogP contribution in [0.4, 0.5) is 0 Å². The number of aliphatic carboxylic acids is 1. The SMILES string of the molecule is COc1cc(Cl)ccc1-c1cncc(C(=O)NC(CC(=O)O)c2ccccc2C)c1. The Morgan fingerprint density at radius 1 is 1.17 bits per heavy atom. The highest BCUT2D eigenvalue weighted by atomic mass is 35.5. The maximum absolute atomic E-state index is 12.9. The van der Waals surface area contributed by atoms with Crippen LogP contribution in [0.3, 0.4) is 0 Å². The van der Waals surface area contributed by atoms with Gasteiger partial charge in [-0.1, -0.05) is 35.9 Å². The maximum atomic E-state index is 12.9. The molecule has 7 heteroatoms. The molecular weight excluding hydrogens is 404 g/mol. The zero-order valence-corrected chi connectivity index (χ0v) is 17.3. The summed E-state index contributed by atoms with van der Waals surface area (Å²) in [6.45, 7) is 1.88. The summed E-state index contributed by atoms with van der Waals surface area (Å²) in [5.74, 6) is -0.848. The van der Waals surface area contributed by atoms with Gasteiger partial charge in [-0.3, -0.25) is 14.6 Å². The fourth-order valence-electron chi connectivity index (χ4n) is 3.25. The molecule has 0 spiro atoms. The van der Waals surface area contributed by atoms with E-state index in [1.807, 2.05) is 31.2 Å². The van der Waals surface area contributed by atoms with E-state index in [1.165, 1.54) is 13.3 Å². The molecule has 1 aromatic heterocycles. The van der Waals surface area contributed by atoms with E-state index < -0.39 is 17.9 Å². The Hall–Kier alpha value is -3.38. The highest BCUT2D eigenvalue weighted by Gasteiger charge is 2.21. The maximum Gasteiger partial charge on any atom is 0.305 e. The predicted molar refractivity (Wildman–Crippen MR) is 115 cm³/mol. The lowest BCUT2D eigenvalue weighted by Gasteiger charge is -2.19. The minimum absolute atomic E-state index is 0.227. The van der Waals surface area contributed by atoms with Gasteiger partial charge < -0.3 is 15.2 Å². The average molecular weight is 425 g/mol. The molecule has 2 N–H and O–H groups in total. The number of carbonyl (C=O) groups excluding carboxylic acids is 1. The monoisotopic (exact) mass is 424 g/mol. The Bertz CT molecular complexity index is 1080. The van der Waals surface area contributed by atoms with Crippen LogP contribution in [0.25, 0.3) is 11.1 Å². The normalized spacial score (nSPS) is 11.6. The van der Waals surface area contributed by atoms with Crippen LogP contribution in [0.15, 0.2) is 60.9 Å². The standard InChI is InChI=1S/C23H21ClN2O4/c1-14-5-3-4-6-18(14)20(11-22(27)28)26-23(29)16-9-15(12-25-13-16)19-8-7-17(24)10-21(19)30-2/h3-10,12-13,20H,11H2,1-2H3,(H,26,29)(H,27,28). The zero-order valence-electron chi connectivity index (χ0n) is 16.6. The number of hydrogen-bond acceptors (Lipinski definition) is 4. The summed E-state index contributed by atoms with van der Waals surface area (Å²) in [7, 11) is 1.54. The summed E-state index contributed by atoms with van der Waals surface area (Å²) >= 11 is 6.03. The van der Waals surface area contributed by atoms with E-state index >= 15 is 0 Å². The van der Waals surface area contributed by atoms with Crippen molar-refractivity contribution in [2.75, 3.05) is 7.11 Å². The number of benzene rings is 2. The molecule has 6 nitrogen and oxygen atoms in total. The fraction of sp³-hybridized carbons (Fsp3) is 0.174. The van der Waals surface area contributed by atoms with Crippen LogP contribution in [-0.2, 0) is 4.79 Å². The third kappa shape index (κ3) is 4.96. The number of pyridine rings is 1. The molecule has 154 valence electrons. The Morgan fingerprint density at radius 2 is 1.93 bits per heavy atom. The molecule has 30 heavy (non-hydrogen) atoms. The summed E-state index contributed by atoms with van der Waals surface area (Å²) < 4.78 is 5.38. The molecule has 0 radical (unpaired) electrons. The van der Waals surface area contributed by atoms with Crippen molar-refractivity contribution in [3.05, 3.63) is 82.6 Å². The van der Waals surface area contributed by atoms with Crippen molar-refractivity contribution in [2.24, 2.45) is 0 Å². The third-order valence-electron chi connectivity index (χ3n) is 4.72. The van der Waals surface area contributed by atoms with Crippen molar-refractivity contribution in [3.8, 4) is 16.9 Å². The quantitative estimate of drug-likeness (QED) is 0.575. The highest BCUT2D eigenvalue weighted by molar-refractivity contribution is 6.30. The van der Waals surface area contributed by atoms with E-state index in [1.54, 1.807) is 30.5 Å². The Morgan fingerprint density at radius 3 is 2.63 bits per heavy atom. The number of hydrogen-bond donors (Lipinski definition) is 2. The second-order valence-electron chi connectivity index (χ2n) is 6.79. The second-order valence-corrected chi connectivity index (χ2v) is 7.22. The molecule has 3 rings (SSSR count). The molecule has 1 heterocycles. The van der Waals surface area contributed by atoms with Crippen LogP contribution in [0.1, 0.15) is 33.9 Å². The van der Waals surface area contributed by atoms with E-state index in [0.717, 1.165) is 16.7 Å². The first kappa shape index (κ1) is 21.3. The molecule has 0 fully saturated rings. The van der Waals surface area contributed by atoms with Gasteiger partial charge in [0, 0.05) is 28.5 Å². The Labute approximate surface area is 179 Å². The van der Waals surface area contributed by atoms with E-state index in [-0.39, 0.29) is 6.42 Å². The van der Waals surface area contributed by atoms with Gasteiger partial charge in [0.15, 0.2) is 0 Å². The number of carboxylic acids is 1. The van der Waals surface area contributed by atoms with Gasteiger partial charge >= 0.3 is 5.97 Å². The van der Waals surface area contributed by atoms with Crippen molar-refractivity contribution >= 4 is 23.5 Å². The number of aromatic nitrogens is 1. The van der Waals surface area contributed by atoms with E-state index in [9.17, 15) is 14.7 Å². The number of nitrogens with one attached hydrogen (secondary N) is 1. The van der Waals surface area contributed by atoms with Gasteiger partial charge in [-0.2, -0.15) is 0 Å². The number of methoxy groups -OCH3 is 1. The van der Waals surface area contributed by atoms with Crippen molar-refractivity contribution < 1.29 is 19.4 Å². The molecule has 0 bridgehead atoms. The molecule has 1 unspecified atom stereocenters. The molecule has 0 saturated carbocycles. The van der Waals surface area contributed by atoms with E-state index in [0.29, 0.717) is 21.9 Å². The lowest BCUT2D eigenvalue weighted by molar-refractivity contribution is -0.137. The number of amides is 1. The van der Waals surface area contributed by atoms with Gasteiger partial charge in [0.2, 0.25) is 0 Å². The number of carbonyl (C=O) groups is 2. The number of rotatable bonds is 7. The Kier molecular flexibility index (Phi) is 6.69. The van der Waals surface area contributed by atoms with Crippen LogP contribution in [0, 0.1) is 6.92 Å². The summed E-state index contributed by atoms with van der Waals surface area (Å²) in [5.41, 5.74) is 3.40. The minimum Gasteiger partial charge on any atom is -0.496 e. The van der Waals surface area contributed by atoms with Crippen molar-refractivity contribution in [1.29, 1.82) is 0 Å². The first-order chi connectivity index (χ1) is 14.4. The van der Waals surface area contributed by atoms with Crippen molar-refractivity contribution in [3.63, 3.8) is 0 Å². The van der Waals surface area contributed by atoms with Crippen molar-refractivity contribution in [2.45, 2.75) is 19.4 Å². The predicted octanol–water partition coefficient (Wildman–Crippen LogP) is 4.66. The first-order valence-electron chi connectivity index (χ1n) is 9.26. The third-order valence-corrected chi connectivity index (χ3v) is 4.96. The molecule has 0 saturated heterocycles. The minimum atomic E-state index is -0.999. The number of ether oxygens (including phenoxy) is 1. The molecule has 2 aromatic carbocycles. The van der Waals surface area contributed by atoms with Gasteiger partial charge in [0.25, 0.3) is 5.91 Å². The van der Waals surface area contributed by atoms with E-state index in [4.69, 9.17) is 16.3 Å². The van der Waals surface area contributed by atoms with Crippen LogP contribution >= 0.6 is 11.6 Å². The van der Waals surface area contributed by atoms with Gasteiger partial charge in [-0.25, -0.2) is 0 Å². The van der Waals surface area contributed by atoms with Gasteiger partial charge in [0.05, 0.1) is 25.1 Å². The molecule has 1 atom stereocenters. The molecular formula is C23H21ClN2O4. The highest BCUT2D eigenvalue weighted by Crippen LogP contribution is 2.32. The largest absolute Gasteiger partial charge is 0.496 e. The van der Waals surface area contributed by atoms with Crippen molar-refractivity contribution in [1.82, 2.24) is 10.3 Å². The summed E-state index contributed by atoms with van der Waals surface area (Å²) in [6, 6.07) is 13.6. The number of carboxylic acid groups (broad SMARTS) is 1. The fourth-order valence-corrected chi connectivity index (χ4v) is 3.41. The average Bonchev–Trinajstić information content (AvgIpc) is 2.73. The summed E-state index contributed by atoms with van der Waals surface area (Å²) in [6.07, 6.45) is 2.84. The molecule has 0 aliphatic rings. The molecule has 1 amide bonds. The lowest BCUT2D eigenvalue weighted by atomic mass is 9.98. The van der Waals surface area contributed by atoms with Crippen LogP contribution in [0.5, 0.6) is 5.75 Å². The molecule has 3 aromatic rings. The number of halogens is 1. The number of nitrogens with zero attached hydrogens (tertiary/aromatic N) is 1. The molecule has 0 aliphatic carbocycles. The molecule has 0 aliphatic heterocycles. The van der Waals surface area contributed by atoms with Crippen LogP contribution in [0.2, 0.25) is 5.02 Å². The summed E-state index contributed by atoms with van der Waals surface area (Å²) in [5, 5.41) is 12.7. The van der Waals surface area contributed by atoms with Gasteiger partial charge in [-0.05, 0) is 42.3 Å². The first-order valence-corrected chi connectivity index (χ1v) is 9.64. The lowest BCUT2D eigenvalue weighted by Crippen LogP contribution is -2.30. The van der Waals surface area contributed by atoms with E-state index in [2.05, 4.69) is 10.3 Å². The van der Waals surface area contributed by atoms with Crippen LogP contribution < -0.4 is 10.1 Å². The second kappa shape index (κ2) is 9.41. The zero-order chi connectivity index (χ0) is 21.7. The number of aryl methyl sites for hydroxylation is 1. The topological polar surface area (TPSA) is 88.5 Å². The summed E-state index contributed by atoms with van der Waals surface area (Å²) in [4.78, 5) is 28.5. The van der Waals surface area contributed by atoms with Gasteiger partial charge in [-0.15, -0.1) is 0 Å². The van der Waals surface area contributed by atoms with Crippen LogP contribution in [-0.4, -0.2) is 29.1 Å². The Balaban J connectivity index is 1.90. The van der Waals surface area contributed by atoms with Gasteiger partial charge in [0.1, 0.15) is 5.75 Å².